The van der Waals surface area contributed by atoms with Gasteiger partial charge in [-0.2, -0.15) is 0 Å². The topological polar surface area (TPSA) is 105 Å². The Kier molecular flexibility index (Phi) is 5.14. The van der Waals surface area contributed by atoms with Crippen LogP contribution in [0.25, 0.3) is 0 Å². The molecule has 0 aromatic carbocycles. The van der Waals surface area contributed by atoms with Crippen LogP contribution in [0.4, 0.5) is 5.82 Å². The quantitative estimate of drug-likeness (QED) is 0.663. The van der Waals surface area contributed by atoms with Crippen LogP contribution in [-0.2, 0) is 17.6 Å². The van der Waals surface area contributed by atoms with Crippen LogP contribution < -0.4 is 11.1 Å². The number of fused-ring (bicyclic) bond motifs is 1. The molecule has 2 rings (SSSR count). The van der Waals surface area contributed by atoms with Gasteiger partial charge in [-0.3, -0.25) is 9.59 Å². The molecule has 0 saturated heterocycles. The van der Waals surface area contributed by atoms with E-state index in [0.717, 1.165) is 36.9 Å². The van der Waals surface area contributed by atoms with Crippen molar-refractivity contribution in [3.63, 3.8) is 0 Å². The minimum absolute atomic E-state index is 0.155. The highest BCUT2D eigenvalue weighted by Crippen LogP contribution is 2.24. The predicted molar refractivity (Wildman–Crippen MR) is 79.4 cm³/mol. The lowest BCUT2D eigenvalue weighted by atomic mass is 9.94. The fourth-order valence-corrected chi connectivity index (χ4v) is 2.56. The number of carbonyl (C=O) groups is 2. The fraction of sp³-hybridized carbons (Fsp3) is 0.533. The summed E-state index contributed by atoms with van der Waals surface area (Å²) in [5, 5.41) is 11.7. The second-order valence-corrected chi connectivity index (χ2v) is 5.34. The number of carboxylic acid groups (broad SMARTS) is 1. The smallest absolute Gasteiger partial charge is 0.303 e. The van der Waals surface area contributed by atoms with Crippen molar-refractivity contribution in [3.05, 3.63) is 22.9 Å². The van der Waals surface area contributed by atoms with Crippen LogP contribution in [0.5, 0.6) is 0 Å². The van der Waals surface area contributed by atoms with Gasteiger partial charge in [0.05, 0.1) is 5.56 Å². The van der Waals surface area contributed by atoms with E-state index in [4.69, 9.17) is 10.8 Å². The lowest BCUT2D eigenvalue weighted by molar-refractivity contribution is -0.137. The summed E-state index contributed by atoms with van der Waals surface area (Å²) in [5.74, 6) is -0.748. The Morgan fingerprint density at radius 3 is 2.76 bits per heavy atom. The fourth-order valence-electron chi connectivity index (χ4n) is 2.56. The number of nitrogens with zero attached hydrogens (tertiary/aromatic N) is 1. The molecule has 1 heterocycles. The van der Waals surface area contributed by atoms with Crippen LogP contribution in [0, 0.1) is 0 Å². The summed E-state index contributed by atoms with van der Waals surface area (Å²) in [7, 11) is 0. The standard InChI is InChI=1S/C15H21N3O3/c16-14(21)11-9-10-5-1-2-6-12(10)18-15(11)17-8-4-3-7-13(19)20/h9H,1-8H2,(H2,16,21)(H,17,18)(H,19,20). The van der Waals surface area contributed by atoms with Gasteiger partial charge in [-0.05, 0) is 50.2 Å². The van der Waals surface area contributed by atoms with E-state index in [2.05, 4.69) is 10.3 Å². The minimum atomic E-state index is -0.792. The molecule has 0 aliphatic heterocycles. The van der Waals surface area contributed by atoms with Crippen molar-refractivity contribution in [3.8, 4) is 0 Å². The zero-order valence-corrected chi connectivity index (χ0v) is 12.0. The van der Waals surface area contributed by atoms with Crippen LogP contribution in [0.1, 0.15) is 53.7 Å². The number of pyridine rings is 1. The average molecular weight is 291 g/mol. The molecule has 0 saturated carbocycles. The van der Waals surface area contributed by atoms with E-state index in [-0.39, 0.29) is 6.42 Å². The molecule has 114 valence electrons. The van der Waals surface area contributed by atoms with Crippen molar-refractivity contribution in [2.75, 3.05) is 11.9 Å². The van der Waals surface area contributed by atoms with Crippen LogP contribution in [-0.4, -0.2) is 28.5 Å². The van der Waals surface area contributed by atoms with Crippen LogP contribution >= 0.6 is 0 Å². The maximum Gasteiger partial charge on any atom is 0.303 e. The number of rotatable bonds is 7. The molecule has 0 bridgehead atoms. The molecule has 6 nitrogen and oxygen atoms in total. The van der Waals surface area contributed by atoms with Crippen molar-refractivity contribution < 1.29 is 14.7 Å². The van der Waals surface area contributed by atoms with E-state index in [1.807, 2.05) is 6.07 Å². The Balaban J connectivity index is 2.03. The molecule has 21 heavy (non-hydrogen) atoms. The first-order chi connectivity index (χ1) is 10.1. The SMILES string of the molecule is NC(=O)c1cc2c(nc1NCCCCC(=O)O)CCCC2. The van der Waals surface area contributed by atoms with Crippen molar-refractivity contribution >= 4 is 17.7 Å². The molecular weight excluding hydrogens is 270 g/mol. The average Bonchev–Trinajstić information content (AvgIpc) is 2.45. The van der Waals surface area contributed by atoms with E-state index in [9.17, 15) is 9.59 Å². The van der Waals surface area contributed by atoms with Gasteiger partial charge in [0.15, 0.2) is 0 Å². The number of nitrogens with one attached hydrogen (secondary N) is 1. The van der Waals surface area contributed by atoms with E-state index in [0.29, 0.717) is 30.8 Å². The Labute approximate surface area is 123 Å². The number of amides is 1. The Morgan fingerprint density at radius 2 is 2.05 bits per heavy atom. The Bertz CT molecular complexity index is 543. The van der Waals surface area contributed by atoms with E-state index in [1.165, 1.54) is 0 Å². The van der Waals surface area contributed by atoms with Gasteiger partial charge in [0.2, 0.25) is 0 Å². The normalized spacial score (nSPS) is 13.5. The van der Waals surface area contributed by atoms with Crippen LogP contribution in [0.2, 0.25) is 0 Å². The molecule has 1 aromatic heterocycles. The molecule has 0 spiro atoms. The first-order valence-electron chi connectivity index (χ1n) is 7.36. The number of carboxylic acids is 1. The number of aryl methyl sites for hydroxylation is 2. The summed E-state index contributed by atoms with van der Waals surface area (Å²) in [5.41, 5.74) is 8.00. The maximum atomic E-state index is 11.6. The number of primary amides is 1. The molecule has 0 fully saturated rings. The number of anilines is 1. The molecule has 1 aliphatic rings. The third-order valence-electron chi connectivity index (χ3n) is 3.68. The minimum Gasteiger partial charge on any atom is -0.481 e. The van der Waals surface area contributed by atoms with Crippen molar-refractivity contribution in [1.82, 2.24) is 4.98 Å². The number of nitrogens with two attached hydrogens (primary N) is 1. The van der Waals surface area contributed by atoms with Gasteiger partial charge in [0.25, 0.3) is 5.91 Å². The van der Waals surface area contributed by atoms with Gasteiger partial charge >= 0.3 is 5.97 Å². The first kappa shape index (κ1) is 15.3. The van der Waals surface area contributed by atoms with Crippen molar-refractivity contribution in [2.24, 2.45) is 5.73 Å². The third kappa shape index (κ3) is 4.18. The molecular formula is C15H21N3O3. The van der Waals surface area contributed by atoms with Gasteiger partial charge in [0.1, 0.15) is 5.82 Å². The summed E-state index contributed by atoms with van der Waals surface area (Å²) in [6.45, 7) is 0.583. The number of carbonyl (C=O) groups excluding carboxylic acids is 1. The lowest BCUT2D eigenvalue weighted by Crippen LogP contribution is -2.19. The summed E-state index contributed by atoms with van der Waals surface area (Å²) in [6.07, 6.45) is 5.58. The Morgan fingerprint density at radius 1 is 1.29 bits per heavy atom. The van der Waals surface area contributed by atoms with Gasteiger partial charge in [-0.25, -0.2) is 4.98 Å². The van der Waals surface area contributed by atoms with Gasteiger partial charge < -0.3 is 16.2 Å². The van der Waals surface area contributed by atoms with E-state index in [1.54, 1.807) is 0 Å². The van der Waals surface area contributed by atoms with Crippen LogP contribution in [0.3, 0.4) is 0 Å². The van der Waals surface area contributed by atoms with Crippen molar-refractivity contribution in [1.29, 1.82) is 0 Å². The molecule has 0 unspecified atom stereocenters. The summed E-state index contributed by atoms with van der Waals surface area (Å²) in [4.78, 5) is 26.5. The number of aliphatic carboxylic acids is 1. The third-order valence-corrected chi connectivity index (χ3v) is 3.68. The largest absolute Gasteiger partial charge is 0.481 e. The first-order valence-corrected chi connectivity index (χ1v) is 7.36. The molecule has 1 aromatic rings. The summed E-state index contributed by atoms with van der Waals surface area (Å²) >= 11 is 0. The highest BCUT2D eigenvalue weighted by molar-refractivity contribution is 5.97. The van der Waals surface area contributed by atoms with Crippen molar-refractivity contribution in [2.45, 2.75) is 44.9 Å². The van der Waals surface area contributed by atoms with Crippen LogP contribution in [0.15, 0.2) is 6.07 Å². The second-order valence-electron chi connectivity index (χ2n) is 5.34. The molecule has 6 heteroatoms. The molecule has 1 aliphatic carbocycles. The number of hydrogen-bond acceptors (Lipinski definition) is 4. The molecule has 1 amide bonds. The molecule has 0 radical (unpaired) electrons. The lowest BCUT2D eigenvalue weighted by Gasteiger charge is -2.18. The Hall–Kier alpha value is -2.11. The number of hydrogen-bond donors (Lipinski definition) is 3. The monoisotopic (exact) mass is 291 g/mol. The van der Waals surface area contributed by atoms with E-state index < -0.39 is 11.9 Å². The predicted octanol–water partition coefficient (Wildman–Crippen LogP) is 1.73. The summed E-state index contributed by atoms with van der Waals surface area (Å²) < 4.78 is 0. The van der Waals surface area contributed by atoms with Gasteiger partial charge in [-0.15, -0.1) is 0 Å². The van der Waals surface area contributed by atoms with E-state index >= 15 is 0 Å². The maximum absolute atomic E-state index is 11.6. The zero-order valence-electron chi connectivity index (χ0n) is 12.0. The molecule has 0 atom stereocenters. The van der Waals surface area contributed by atoms with Gasteiger partial charge in [-0.1, -0.05) is 0 Å². The van der Waals surface area contributed by atoms with Gasteiger partial charge in [0, 0.05) is 18.7 Å². The zero-order chi connectivity index (χ0) is 15.2. The number of unbranched alkanes of at least 4 members (excludes halogenated alkanes) is 1. The number of aromatic nitrogens is 1. The second kappa shape index (κ2) is 7.06. The summed E-state index contributed by atoms with van der Waals surface area (Å²) in [6, 6.07) is 1.85. The highest BCUT2D eigenvalue weighted by atomic mass is 16.4. The molecule has 4 N–H and O–H groups in total. The highest BCUT2D eigenvalue weighted by Gasteiger charge is 2.17.